The van der Waals surface area contributed by atoms with E-state index < -0.39 is 6.61 Å². The number of amides is 1. The molecule has 1 aromatic rings. The van der Waals surface area contributed by atoms with Crippen LogP contribution in [-0.4, -0.2) is 43.1 Å². The van der Waals surface area contributed by atoms with E-state index in [0.717, 1.165) is 0 Å². The molecule has 0 saturated carbocycles. The van der Waals surface area contributed by atoms with E-state index >= 15 is 0 Å². The van der Waals surface area contributed by atoms with E-state index in [0.29, 0.717) is 19.6 Å². The lowest BCUT2D eigenvalue weighted by Gasteiger charge is -2.32. The summed E-state index contributed by atoms with van der Waals surface area (Å²) in [4.78, 5) is 14.0. The topological polar surface area (TPSA) is 41.6 Å². The Morgan fingerprint density at radius 1 is 1.47 bits per heavy atom. The second-order valence-corrected chi connectivity index (χ2v) is 4.48. The molecule has 4 nitrogen and oxygen atoms in total. The Morgan fingerprint density at radius 3 is 2.89 bits per heavy atom. The van der Waals surface area contributed by atoms with Crippen LogP contribution in [0.25, 0.3) is 0 Å². The molecule has 1 fully saturated rings. The minimum Gasteiger partial charge on any atom is -0.434 e. The molecule has 0 aliphatic carbocycles. The van der Waals surface area contributed by atoms with Crippen molar-refractivity contribution in [3.05, 3.63) is 29.8 Å². The van der Waals surface area contributed by atoms with Gasteiger partial charge in [0.25, 0.3) is 5.91 Å². The second kappa shape index (κ2) is 5.97. The fraction of sp³-hybridized carbons (Fsp3) is 0.462. The molecule has 1 amide bonds. The van der Waals surface area contributed by atoms with Crippen LogP contribution in [0.15, 0.2) is 24.3 Å². The van der Waals surface area contributed by atoms with E-state index in [9.17, 15) is 13.6 Å². The molecule has 1 aliphatic heterocycles. The number of piperazine rings is 1. The van der Waals surface area contributed by atoms with Crippen molar-refractivity contribution < 1.29 is 18.3 Å². The molecule has 1 unspecified atom stereocenters. The van der Waals surface area contributed by atoms with Crippen LogP contribution >= 0.6 is 0 Å². The fourth-order valence-corrected chi connectivity index (χ4v) is 2.13. The molecule has 6 heteroatoms. The molecule has 1 aliphatic rings. The lowest BCUT2D eigenvalue weighted by Crippen LogP contribution is -2.51. The molecular weight excluding hydrogens is 254 g/mol. The Labute approximate surface area is 110 Å². The second-order valence-electron chi connectivity index (χ2n) is 4.48. The third-order valence-electron chi connectivity index (χ3n) is 2.99. The highest BCUT2D eigenvalue weighted by atomic mass is 19.3. The van der Waals surface area contributed by atoms with Gasteiger partial charge >= 0.3 is 6.61 Å². The van der Waals surface area contributed by atoms with Gasteiger partial charge in [-0.3, -0.25) is 4.79 Å². The molecule has 0 aromatic heterocycles. The first-order valence-electron chi connectivity index (χ1n) is 6.14. The number of carbonyl (C=O) groups is 1. The summed E-state index contributed by atoms with van der Waals surface area (Å²) in [6.45, 7) is 0.857. The Balaban J connectivity index is 2.18. The number of carbonyl (C=O) groups excluding carboxylic acids is 1. The number of para-hydroxylation sites is 1. The largest absolute Gasteiger partial charge is 0.434 e. The van der Waals surface area contributed by atoms with Gasteiger partial charge in [-0.15, -0.1) is 0 Å². The van der Waals surface area contributed by atoms with Crippen molar-refractivity contribution >= 4 is 5.91 Å². The molecule has 2 rings (SSSR count). The summed E-state index contributed by atoms with van der Waals surface area (Å²) in [5.41, 5.74) is 0.178. The third-order valence-corrected chi connectivity index (χ3v) is 2.99. The molecule has 19 heavy (non-hydrogen) atoms. The van der Waals surface area contributed by atoms with Crippen molar-refractivity contribution in [2.24, 2.45) is 0 Å². The number of hydrogen-bond donors (Lipinski definition) is 1. The van der Waals surface area contributed by atoms with Crippen molar-refractivity contribution in [3.8, 4) is 5.75 Å². The summed E-state index contributed by atoms with van der Waals surface area (Å²) in [6, 6.07) is 6.28. The summed E-state index contributed by atoms with van der Waals surface area (Å²) >= 11 is 0. The summed E-state index contributed by atoms with van der Waals surface area (Å²) in [5, 5.41) is 3.22. The van der Waals surface area contributed by atoms with Gasteiger partial charge in [0.2, 0.25) is 0 Å². The van der Waals surface area contributed by atoms with Crippen LogP contribution < -0.4 is 10.1 Å². The van der Waals surface area contributed by atoms with Gasteiger partial charge in [-0.2, -0.15) is 8.78 Å². The van der Waals surface area contributed by atoms with Crippen LogP contribution in [0.3, 0.4) is 0 Å². The van der Waals surface area contributed by atoms with Crippen molar-refractivity contribution in [2.75, 3.05) is 19.6 Å². The zero-order valence-electron chi connectivity index (χ0n) is 10.6. The van der Waals surface area contributed by atoms with Gasteiger partial charge in [0.05, 0.1) is 5.56 Å². The van der Waals surface area contributed by atoms with Gasteiger partial charge in [0.1, 0.15) is 5.75 Å². The highest BCUT2D eigenvalue weighted by Gasteiger charge is 2.24. The lowest BCUT2D eigenvalue weighted by molar-refractivity contribution is -0.0503. The number of nitrogens with one attached hydrogen (secondary N) is 1. The molecule has 1 saturated heterocycles. The Bertz CT molecular complexity index is 454. The van der Waals surface area contributed by atoms with Crippen molar-refractivity contribution in [1.82, 2.24) is 10.2 Å². The van der Waals surface area contributed by atoms with E-state index in [-0.39, 0.29) is 23.3 Å². The van der Waals surface area contributed by atoms with Gasteiger partial charge in [-0.05, 0) is 19.1 Å². The molecule has 0 bridgehead atoms. The molecule has 1 atom stereocenters. The van der Waals surface area contributed by atoms with Crippen LogP contribution in [0.1, 0.15) is 17.3 Å². The summed E-state index contributed by atoms with van der Waals surface area (Å²) in [6.07, 6.45) is 0. The summed E-state index contributed by atoms with van der Waals surface area (Å²) < 4.78 is 29.0. The lowest BCUT2D eigenvalue weighted by atomic mass is 10.1. The zero-order chi connectivity index (χ0) is 13.8. The van der Waals surface area contributed by atoms with E-state index in [1.54, 1.807) is 17.0 Å². The number of halogens is 2. The minimum absolute atomic E-state index is 0.0753. The predicted molar refractivity (Wildman–Crippen MR) is 66.4 cm³/mol. The molecule has 0 spiro atoms. The van der Waals surface area contributed by atoms with Gasteiger partial charge < -0.3 is 15.0 Å². The predicted octanol–water partition coefficient (Wildman–Crippen LogP) is 1.72. The summed E-state index contributed by atoms with van der Waals surface area (Å²) in [7, 11) is 0. The standard InChI is InChI=1S/C13H16F2N2O2/c1-9-8-17(7-6-16-9)12(18)10-4-2-3-5-11(10)19-13(14)15/h2-5,9,13,16H,6-8H2,1H3. The maximum atomic E-state index is 12.3. The van der Waals surface area contributed by atoms with Gasteiger partial charge in [-0.25, -0.2) is 0 Å². The van der Waals surface area contributed by atoms with Crippen molar-refractivity contribution in [2.45, 2.75) is 19.6 Å². The minimum atomic E-state index is -2.93. The monoisotopic (exact) mass is 270 g/mol. The Hall–Kier alpha value is -1.69. The quantitative estimate of drug-likeness (QED) is 0.909. The number of benzene rings is 1. The smallest absolute Gasteiger partial charge is 0.387 e. The first-order chi connectivity index (χ1) is 9.08. The van der Waals surface area contributed by atoms with Gasteiger partial charge in [0, 0.05) is 25.7 Å². The molecule has 104 valence electrons. The van der Waals surface area contributed by atoms with Gasteiger partial charge in [-0.1, -0.05) is 12.1 Å². The summed E-state index contributed by atoms with van der Waals surface area (Å²) in [5.74, 6) is -0.349. The van der Waals surface area contributed by atoms with E-state index in [1.165, 1.54) is 12.1 Å². The number of nitrogens with zero attached hydrogens (tertiary/aromatic N) is 1. The molecule has 1 aromatic carbocycles. The van der Waals surface area contributed by atoms with E-state index in [1.807, 2.05) is 6.92 Å². The van der Waals surface area contributed by atoms with Crippen LogP contribution in [-0.2, 0) is 0 Å². The van der Waals surface area contributed by atoms with Crippen LogP contribution in [0.5, 0.6) is 5.75 Å². The van der Waals surface area contributed by atoms with Gasteiger partial charge in [0.15, 0.2) is 0 Å². The Morgan fingerprint density at radius 2 is 2.21 bits per heavy atom. The fourth-order valence-electron chi connectivity index (χ4n) is 2.13. The maximum absolute atomic E-state index is 12.3. The van der Waals surface area contributed by atoms with Crippen LogP contribution in [0.4, 0.5) is 8.78 Å². The van der Waals surface area contributed by atoms with E-state index in [2.05, 4.69) is 10.1 Å². The maximum Gasteiger partial charge on any atom is 0.387 e. The molecule has 1 N–H and O–H groups in total. The zero-order valence-corrected chi connectivity index (χ0v) is 10.6. The van der Waals surface area contributed by atoms with E-state index in [4.69, 9.17) is 0 Å². The average molecular weight is 270 g/mol. The highest BCUT2D eigenvalue weighted by molar-refractivity contribution is 5.97. The first-order valence-corrected chi connectivity index (χ1v) is 6.14. The number of ether oxygens (including phenoxy) is 1. The molecule has 0 radical (unpaired) electrons. The molecular formula is C13H16F2N2O2. The van der Waals surface area contributed by atoms with Crippen molar-refractivity contribution in [3.63, 3.8) is 0 Å². The average Bonchev–Trinajstić information content (AvgIpc) is 2.38. The first kappa shape index (κ1) is 13.7. The molecule has 1 heterocycles. The number of rotatable bonds is 3. The highest BCUT2D eigenvalue weighted by Crippen LogP contribution is 2.22. The van der Waals surface area contributed by atoms with Crippen LogP contribution in [0.2, 0.25) is 0 Å². The SMILES string of the molecule is CC1CN(C(=O)c2ccccc2OC(F)F)CCN1. The number of hydrogen-bond acceptors (Lipinski definition) is 3. The third kappa shape index (κ3) is 3.41. The van der Waals surface area contributed by atoms with Crippen LogP contribution in [0, 0.1) is 0 Å². The Kier molecular flexibility index (Phi) is 4.31. The number of alkyl halides is 2. The van der Waals surface area contributed by atoms with Crippen molar-refractivity contribution in [1.29, 1.82) is 0 Å². The normalized spacial score (nSPS) is 19.6.